The number of fused-ring (bicyclic) bond motifs is 4. The van der Waals surface area contributed by atoms with Crippen LogP contribution in [-0.2, 0) is 11.8 Å². The summed E-state index contributed by atoms with van der Waals surface area (Å²) in [5.41, 5.74) is 2.61. The maximum absolute atomic E-state index is 10.4. The Labute approximate surface area is 139 Å². The minimum Gasteiger partial charge on any atom is -0.508 e. The lowest BCUT2D eigenvalue weighted by molar-refractivity contribution is -0.0665. The summed E-state index contributed by atoms with van der Waals surface area (Å²) in [6.07, 6.45) is 5.16. The molecule has 2 atom stereocenters. The molecule has 2 fully saturated rings. The van der Waals surface area contributed by atoms with Crippen LogP contribution in [0.5, 0.6) is 5.75 Å². The second-order valence-corrected chi connectivity index (χ2v) is 8.66. The SMILES string of the molecule is CC[C@]12CCN(CC3(O)CC3)[C@H](Cc3ccc(O)cc31)C2(C)C. The van der Waals surface area contributed by atoms with Crippen molar-refractivity contribution in [2.45, 2.75) is 69.9 Å². The third-order valence-corrected chi connectivity index (χ3v) is 7.28. The smallest absolute Gasteiger partial charge is 0.115 e. The maximum Gasteiger partial charge on any atom is 0.115 e. The Kier molecular flexibility index (Phi) is 3.18. The number of phenolic OH excluding ortho intramolecular Hbond substituents is 1. The number of phenols is 1. The van der Waals surface area contributed by atoms with Crippen molar-refractivity contribution in [3.63, 3.8) is 0 Å². The molecule has 1 aromatic rings. The van der Waals surface area contributed by atoms with Gasteiger partial charge in [0.25, 0.3) is 0 Å². The monoisotopic (exact) mass is 315 g/mol. The van der Waals surface area contributed by atoms with E-state index in [-0.39, 0.29) is 10.8 Å². The summed E-state index contributed by atoms with van der Waals surface area (Å²) < 4.78 is 0. The molecule has 1 heterocycles. The van der Waals surface area contributed by atoms with E-state index in [4.69, 9.17) is 0 Å². The van der Waals surface area contributed by atoms with Crippen LogP contribution in [0.3, 0.4) is 0 Å². The fourth-order valence-electron chi connectivity index (χ4n) is 5.54. The predicted molar refractivity (Wildman–Crippen MR) is 91.7 cm³/mol. The molecule has 4 rings (SSSR count). The highest BCUT2D eigenvalue weighted by atomic mass is 16.3. The number of likely N-dealkylation sites (tertiary alicyclic amines) is 1. The molecule has 3 heteroatoms. The molecular weight excluding hydrogens is 286 g/mol. The fraction of sp³-hybridized carbons (Fsp3) is 0.700. The van der Waals surface area contributed by atoms with E-state index < -0.39 is 5.60 Å². The first-order valence-corrected chi connectivity index (χ1v) is 9.10. The van der Waals surface area contributed by atoms with Crippen LogP contribution in [0.1, 0.15) is 57.6 Å². The Bertz CT molecular complexity index is 635. The second-order valence-electron chi connectivity index (χ2n) is 8.66. The molecule has 23 heavy (non-hydrogen) atoms. The summed E-state index contributed by atoms with van der Waals surface area (Å²) in [6, 6.07) is 6.43. The van der Waals surface area contributed by atoms with Crippen molar-refractivity contribution in [1.82, 2.24) is 4.90 Å². The zero-order valence-electron chi connectivity index (χ0n) is 14.6. The lowest BCUT2D eigenvalue weighted by Gasteiger charge is -2.62. The molecular formula is C20H29NO2. The number of piperidine rings is 1. The quantitative estimate of drug-likeness (QED) is 0.900. The minimum atomic E-state index is -0.419. The van der Waals surface area contributed by atoms with E-state index in [9.17, 15) is 10.2 Å². The Morgan fingerprint density at radius 3 is 2.61 bits per heavy atom. The number of benzene rings is 1. The first-order chi connectivity index (χ1) is 10.8. The van der Waals surface area contributed by atoms with Crippen molar-refractivity contribution < 1.29 is 10.2 Å². The van der Waals surface area contributed by atoms with Crippen molar-refractivity contribution in [2.75, 3.05) is 13.1 Å². The van der Waals surface area contributed by atoms with Crippen molar-refractivity contribution in [2.24, 2.45) is 5.41 Å². The van der Waals surface area contributed by atoms with E-state index in [2.05, 4.69) is 31.7 Å². The number of aliphatic hydroxyl groups is 1. The highest BCUT2D eigenvalue weighted by Gasteiger charge is 2.58. The van der Waals surface area contributed by atoms with Crippen molar-refractivity contribution in [3.05, 3.63) is 29.3 Å². The van der Waals surface area contributed by atoms with Gasteiger partial charge in [-0.15, -0.1) is 0 Å². The van der Waals surface area contributed by atoms with E-state index in [1.54, 1.807) is 0 Å². The van der Waals surface area contributed by atoms with Gasteiger partial charge in [0.1, 0.15) is 5.75 Å². The van der Waals surface area contributed by atoms with Gasteiger partial charge in [-0.2, -0.15) is 0 Å². The molecule has 2 bridgehead atoms. The van der Waals surface area contributed by atoms with Gasteiger partial charge in [-0.05, 0) is 67.3 Å². The molecule has 0 unspecified atom stereocenters. The molecule has 0 spiro atoms. The average Bonchev–Trinajstić information content (AvgIpc) is 3.21. The molecule has 0 aromatic heterocycles. The molecule has 3 nitrogen and oxygen atoms in total. The van der Waals surface area contributed by atoms with Crippen LogP contribution in [0.15, 0.2) is 18.2 Å². The van der Waals surface area contributed by atoms with Crippen LogP contribution in [-0.4, -0.2) is 39.8 Å². The summed E-state index contributed by atoms with van der Waals surface area (Å²) in [7, 11) is 0. The number of hydrogen-bond acceptors (Lipinski definition) is 3. The number of aromatic hydroxyl groups is 1. The summed E-state index contributed by atoms with van der Waals surface area (Å²) in [5, 5.41) is 20.5. The van der Waals surface area contributed by atoms with Gasteiger partial charge in [-0.1, -0.05) is 26.8 Å². The van der Waals surface area contributed by atoms with Crippen molar-refractivity contribution in [3.8, 4) is 5.75 Å². The van der Waals surface area contributed by atoms with Gasteiger partial charge < -0.3 is 10.2 Å². The van der Waals surface area contributed by atoms with Gasteiger partial charge >= 0.3 is 0 Å². The van der Waals surface area contributed by atoms with Crippen molar-refractivity contribution in [1.29, 1.82) is 0 Å². The maximum atomic E-state index is 10.4. The second kappa shape index (κ2) is 4.73. The molecule has 1 saturated carbocycles. The molecule has 2 aliphatic carbocycles. The van der Waals surface area contributed by atoms with Crippen LogP contribution in [0.25, 0.3) is 0 Å². The van der Waals surface area contributed by atoms with E-state index in [0.717, 1.165) is 45.2 Å². The average molecular weight is 315 g/mol. The standard InChI is InChI=1S/C20H29NO2/c1-4-20-9-10-21(13-19(23)7-8-19)17(18(20,2)3)11-14-5-6-15(22)12-16(14)20/h5-6,12,17,22-23H,4,7-11,13H2,1-3H3/t17-,20+/m1/s1. The number of β-amino-alcohol motifs (C(OH)–C–C–N with tert-alkyl or cyclic N) is 1. The molecule has 1 saturated heterocycles. The van der Waals surface area contributed by atoms with Crippen LogP contribution in [0, 0.1) is 5.41 Å². The highest BCUT2D eigenvalue weighted by Crippen LogP contribution is 2.58. The summed E-state index contributed by atoms with van der Waals surface area (Å²) >= 11 is 0. The normalized spacial score (nSPS) is 34.0. The Morgan fingerprint density at radius 2 is 1.96 bits per heavy atom. The largest absolute Gasteiger partial charge is 0.508 e. The predicted octanol–water partition coefficient (Wildman–Crippen LogP) is 3.22. The van der Waals surface area contributed by atoms with Crippen LogP contribution in [0.2, 0.25) is 0 Å². The lowest BCUT2D eigenvalue weighted by atomic mass is 9.49. The zero-order valence-corrected chi connectivity index (χ0v) is 14.6. The van der Waals surface area contributed by atoms with Crippen molar-refractivity contribution >= 4 is 0 Å². The van der Waals surface area contributed by atoms with E-state index in [0.29, 0.717) is 11.8 Å². The summed E-state index contributed by atoms with van der Waals surface area (Å²) in [4.78, 5) is 2.55. The molecule has 0 radical (unpaired) electrons. The van der Waals surface area contributed by atoms with E-state index >= 15 is 0 Å². The molecule has 0 amide bonds. The Hall–Kier alpha value is -1.06. The molecule has 126 valence electrons. The van der Waals surface area contributed by atoms with Gasteiger partial charge in [-0.3, -0.25) is 4.90 Å². The lowest BCUT2D eigenvalue weighted by Crippen LogP contribution is -2.65. The third kappa shape index (κ3) is 2.09. The fourth-order valence-corrected chi connectivity index (χ4v) is 5.54. The first kappa shape index (κ1) is 15.5. The Balaban J connectivity index is 1.79. The van der Waals surface area contributed by atoms with Crippen LogP contribution < -0.4 is 0 Å². The van der Waals surface area contributed by atoms with Gasteiger partial charge in [-0.25, -0.2) is 0 Å². The zero-order chi connectivity index (χ0) is 16.5. The molecule has 1 aliphatic heterocycles. The summed E-state index contributed by atoms with van der Waals surface area (Å²) in [5.74, 6) is 0.389. The van der Waals surface area contributed by atoms with Gasteiger partial charge in [0.15, 0.2) is 0 Å². The van der Waals surface area contributed by atoms with Gasteiger partial charge in [0.2, 0.25) is 0 Å². The van der Waals surface area contributed by atoms with E-state index in [1.165, 1.54) is 11.1 Å². The molecule has 3 aliphatic rings. The van der Waals surface area contributed by atoms with Gasteiger partial charge in [0.05, 0.1) is 5.60 Å². The molecule has 1 aromatic carbocycles. The topological polar surface area (TPSA) is 43.7 Å². The van der Waals surface area contributed by atoms with Crippen LogP contribution >= 0.6 is 0 Å². The first-order valence-electron chi connectivity index (χ1n) is 9.10. The Morgan fingerprint density at radius 1 is 1.22 bits per heavy atom. The summed E-state index contributed by atoms with van der Waals surface area (Å²) in [6.45, 7) is 8.98. The number of nitrogens with zero attached hydrogens (tertiary/aromatic N) is 1. The van der Waals surface area contributed by atoms with Crippen LogP contribution in [0.4, 0.5) is 0 Å². The highest BCUT2D eigenvalue weighted by molar-refractivity contribution is 5.46. The number of rotatable bonds is 3. The number of hydrogen-bond donors (Lipinski definition) is 2. The molecule has 2 N–H and O–H groups in total. The van der Waals surface area contributed by atoms with E-state index in [1.807, 2.05) is 12.1 Å². The third-order valence-electron chi connectivity index (χ3n) is 7.28. The van der Waals surface area contributed by atoms with Gasteiger partial charge in [0, 0.05) is 18.0 Å². The minimum absolute atomic E-state index is 0.132.